The third-order valence-electron chi connectivity index (χ3n) is 5.29. The molecule has 1 aromatic carbocycles. The Labute approximate surface area is 132 Å². The number of benzene rings is 1. The highest BCUT2D eigenvalue weighted by molar-refractivity contribution is 5.92. The van der Waals surface area contributed by atoms with Crippen LogP contribution in [0, 0.1) is 5.92 Å². The van der Waals surface area contributed by atoms with Crippen LogP contribution in [0.15, 0.2) is 24.3 Å². The predicted molar refractivity (Wildman–Crippen MR) is 86.4 cm³/mol. The van der Waals surface area contributed by atoms with Gasteiger partial charge in [-0.25, -0.2) is 0 Å². The quantitative estimate of drug-likeness (QED) is 0.897. The number of likely N-dealkylation sites (tertiary alicyclic amines) is 1. The van der Waals surface area contributed by atoms with Gasteiger partial charge >= 0.3 is 0 Å². The van der Waals surface area contributed by atoms with Gasteiger partial charge in [-0.15, -0.1) is 0 Å². The summed E-state index contributed by atoms with van der Waals surface area (Å²) in [7, 11) is 0. The lowest BCUT2D eigenvalue weighted by molar-refractivity contribution is 0.0201. The lowest BCUT2D eigenvalue weighted by Crippen LogP contribution is -2.42. The molecule has 1 saturated heterocycles. The molecular weight excluding hydrogens is 276 g/mol. The van der Waals surface area contributed by atoms with E-state index in [4.69, 9.17) is 5.73 Å². The van der Waals surface area contributed by atoms with Crippen molar-refractivity contribution in [1.82, 2.24) is 4.90 Å². The topological polar surface area (TPSA) is 66.6 Å². The minimum atomic E-state index is -0.373. The number of nitrogens with zero attached hydrogens (tertiary/aromatic N) is 1. The normalized spacial score (nSPS) is 29.6. The second kappa shape index (κ2) is 6.80. The summed E-state index contributed by atoms with van der Waals surface area (Å²) in [5.74, 6) is 0.0399. The van der Waals surface area contributed by atoms with Gasteiger partial charge in [-0.2, -0.15) is 0 Å². The van der Waals surface area contributed by atoms with E-state index in [0.29, 0.717) is 17.5 Å². The third kappa shape index (κ3) is 3.33. The lowest BCUT2D eigenvalue weighted by atomic mass is 9.80. The number of aliphatic hydroxyl groups excluding tert-OH is 1. The van der Waals surface area contributed by atoms with Crippen molar-refractivity contribution in [2.45, 2.75) is 57.2 Å². The van der Waals surface area contributed by atoms with Crippen molar-refractivity contribution in [3.8, 4) is 0 Å². The fourth-order valence-corrected chi connectivity index (χ4v) is 4.18. The SMILES string of the molecule is NC(=O)c1cccc(CN2CCC[C@@H]2[C@@H]2CCCC[C@H]2O)c1. The molecule has 1 amide bonds. The van der Waals surface area contributed by atoms with Gasteiger partial charge in [0, 0.05) is 24.1 Å². The van der Waals surface area contributed by atoms with Crippen LogP contribution in [0.25, 0.3) is 0 Å². The zero-order chi connectivity index (χ0) is 15.5. The van der Waals surface area contributed by atoms with Crippen molar-refractivity contribution in [2.75, 3.05) is 6.54 Å². The van der Waals surface area contributed by atoms with E-state index in [1.54, 1.807) is 6.07 Å². The molecule has 3 N–H and O–H groups in total. The fraction of sp³-hybridized carbons (Fsp3) is 0.611. The van der Waals surface area contributed by atoms with Crippen molar-refractivity contribution >= 4 is 5.91 Å². The van der Waals surface area contributed by atoms with Crippen LogP contribution in [-0.2, 0) is 6.54 Å². The molecule has 1 aliphatic heterocycles. The van der Waals surface area contributed by atoms with E-state index in [-0.39, 0.29) is 12.0 Å². The van der Waals surface area contributed by atoms with E-state index in [1.165, 1.54) is 19.3 Å². The third-order valence-corrected chi connectivity index (χ3v) is 5.29. The molecule has 3 atom stereocenters. The number of carbonyl (C=O) groups excluding carboxylic acids is 1. The first-order chi connectivity index (χ1) is 10.6. The van der Waals surface area contributed by atoms with Crippen molar-refractivity contribution < 1.29 is 9.90 Å². The molecule has 120 valence electrons. The minimum Gasteiger partial charge on any atom is -0.393 e. The molecule has 0 bridgehead atoms. The molecule has 0 unspecified atom stereocenters. The average molecular weight is 302 g/mol. The maximum Gasteiger partial charge on any atom is 0.248 e. The number of carbonyl (C=O) groups is 1. The van der Waals surface area contributed by atoms with Crippen LogP contribution in [-0.4, -0.2) is 34.6 Å². The van der Waals surface area contributed by atoms with Gasteiger partial charge in [-0.1, -0.05) is 25.0 Å². The van der Waals surface area contributed by atoms with Crippen molar-refractivity contribution in [3.05, 3.63) is 35.4 Å². The highest BCUT2D eigenvalue weighted by atomic mass is 16.3. The van der Waals surface area contributed by atoms with E-state index in [1.807, 2.05) is 12.1 Å². The number of amides is 1. The smallest absolute Gasteiger partial charge is 0.248 e. The first-order valence-corrected chi connectivity index (χ1v) is 8.46. The zero-order valence-corrected chi connectivity index (χ0v) is 13.1. The second-order valence-corrected chi connectivity index (χ2v) is 6.76. The average Bonchev–Trinajstić information content (AvgIpc) is 2.96. The molecule has 0 radical (unpaired) electrons. The Morgan fingerprint density at radius 1 is 1.23 bits per heavy atom. The molecule has 2 aliphatic rings. The fourth-order valence-electron chi connectivity index (χ4n) is 4.18. The van der Waals surface area contributed by atoms with Gasteiger partial charge in [-0.05, 0) is 49.9 Å². The Morgan fingerprint density at radius 2 is 2.05 bits per heavy atom. The Balaban J connectivity index is 1.70. The second-order valence-electron chi connectivity index (χ2n) is 6.76. The van der Waals surface area contributed by atoms with Crippen molar-refractivity contribution in [2.24, 2.45) is 11.7 Å². The summed E-state index contributed by atoms with van der Waals surface area (Å²) in [4.78, 5) is 13.8. The Morgan fingerprint density at radius 3 is 2.82 bits per heavy atom. The van der Waals surface area contributed by atoms with Gasteiger partial charge in [0.25, 0.3) is 0 Å². The number of rotatable bonds is 4. The number of aliphatic hydroxyl groups is 1. The summed E-state index contributed by atoms with van der Waals surface area (Å²) in [6.45, 7) is 1.92. The summed E-state index contributed by atoms with van der Waals surface area (Å²) in [6, 6.07) is 8.09. The largest absolute Gasteiger partial charge is 0.393 e. The lowest BCUT2D eigenvalue weighted by Gasteiger charge is -2.37. The Kier molecular flexibility index (Phi) is 4.79. The number of primary amides is 1. The molecule has 4 heteroatoms. The highest BCUT2D eigenvalue weighted by Gasteiger charge is 2.36. The standard InChI is InChI=1S/C18H26N2O2/c19-18(22)14-6-3-5-13(11-14)12-20-10-4-8-16(20)15-7-1-2-9-17(15)21/h3,5-6,11,15-17,21H,1-2,4,7-10,12H2,(H2,19,22)/t15-,16+,17+/m0/s1. The van der Waals surface area contributed by atoms with E-state index >= 15 is 0 Å². The first kappa shape index (κ1) is 15.5. The van der Waals surface area contributed by atoms with E-state index in [0.717, 1.165) is 37.9 Å². The maximum absolute atomic E-state index is 11.3. The van der Waals surface area contributed by atoms with Crippen LogP contribution in [0.5, 0.6) is 0 Å². The van der Waals surface area contributed by atoms with Crippen LogP contribution in [0.4, 0.5) is 0 Å². The minimum absolute atomic E-state index is 0.142. The molecule has 0 aromatic heterocycles. The van der Waals surface area contributed by atoms with Crippen LogP contribution in [0.1, 0.15) is 54.4 Å². The molecule has 3 rings (SSSR count). The molecule has 1 heterocycles. The van der Waals surface area contributed by atoms with Crippen LogP contribution >= 0.6 is 0 Å². The van der Waals surface area contributed by atoms with E-state index in [9.17, 15) is 9.90 Å². The highest BCUT2D eigenvalue weighted by Crippen LogP contribution is 2.35. The van der Waals surface area contributed by atoms with Crippen molar-refractivity contribution in [1.29, 1.82) is 0 Å². The molecule has 1 aromatic rings. The Bertz CT molecular complexity index is 532. The zero-order valence-electron chi connectivity index (χ0n) is 13.1. The molecule has 1 saturated carbocycles. The summed E-state index contributed by atoms with van der Waals surface area (Å²) >= 11 is 0. The van der Waals surface area contributed by atoms with Crippen LogP contribution in [0.2, 0.25) is 0 Å². The van der Waals surface area contributed by atoms with E-state index in [2.05, 4.69) is 11.0 Å². The van der Waals surface area contributed by atoms with E-state index < -0.39 is 0 Å². The van der Waals surface area contributed by atoms with Crippen LogP contribution in [0.3, 0.4) is 0 Å². The summed E-state index contributed by atoms with van der Waals surface area (Å²) in [5, 5.41) is 10.3. The molecule has 2 fully saturated rings. The molecule has 22 heavy (non-hydrogen) atoms. The van der Waals surface area contributed by atoms with Gasteiger partial charge in [0.2, 0.25) is 5.91 Å². The summed E-state index contributed by atoms with van der Waals surface area (Å²) < 4.78 is 0. The Hall–Kier alpha value is -1.39. The number of hydrogen-bond acceptors (Lipinski definition) is 3. The molecule has 4 nitrogen and oxygen atoms in total. The maximum atomic E-state index is 11.3. The summed E-state index contributed by atoms with van der Waals surface area (Å²) in [5.41, 5.74) is 7.08. The number of hydrogen-bond donors (Lipinski definition) is 2. The van der Waals surface area contributed by atoms with Gasteiger partial charge < -0.3 is 10.8 Å². The molecule has 1 aliphatic carbocycles. The van der Waals surface area contributed by atoms with Crippen molar-refractivity contribution in [3.63, 3.8) is 0 Å². The molecular formula is C18H26N2O2. The number of nitrogens with two attached hydrogens (primary N) is 1. The van der Waals surface area contributed by atoms with Gasteiger partial charge in [0.15, 0.2) is 0 Å². The summed E-state index contributed by atoms with van der Waals surface area (Å²) in [6.07, 6.45) is 6.72. The predicted octanol–water partition coefficient (Wildman–Crippen LogP) is 2.30. The first-order valence-electron chi connectivity index (χ1n) is 8.46. The van der Waals surface area contributed by atoms with Gasteiger partial charge in [-0.3, -0.25) is 9.69 Å². The van der Waals surface area contributed by atoms with Crippen LogP contribution < -0.4 is 5.73 Å². The monoisotopic (exact) mass is 302 g/mol. The van der Waals surface area contributed by atoms with Gasteiger partial charge in [0.1, 0.15) is 0 Å². The molecule has 0 spiro atoms. The van der Waals surface area contributed by atoms with Gasteiger partial charge in [0.05, 0.1) is 6.10 Å².